The van der Waals surface area contributed by atoms with Crippen LogP contribution >= 0.6 is 11.8 Å². The first kappa shape index (κ1) is 19.6. The summed E-state index contributed by atoms with van der Waals surface area (Å²) in [4.78, 5) is 23.8. The summed E-state index contributed by atoms with van der Waals surface area (Å²) in [7, 11) is 1.58. The molecule has 2 amide bonds. The van der Waals surface area contributed by atoms with Gasteiger partial charge in [-0.2, -0.15) is 0 Å². The van der Waals surface area contributed by atoms with Gasteiger partial charge in [0, 0.05) is 30.4 Å². The average molecular weight is 395 g/mol. The van der Waals surface area contributed by atoms with Crippen molar-refractivity contribution in [2.45, 2.75) is 18.6 Å². The molecule has 144 valence electrons. The molecule has 0 radical (unpaired) electrons. The van der Waals surface area contributed by atoms with Gasteiger partial charge in [0.2, 0.25) is 5.91 Å². The molecule has 0 unspecified atom stereocenters. The van der Waals surface area contributed by atoms with Crippen LogP contribution in [0, 0.1) is 0 Å². The molecule has 2 N–H and O–H groups in total. The normalized spacial score (nSPS) is 10.5. The first-order valence-electron chi connectivity index (χ1n) is 8.85. The summed E-state index contributed by atoms with van der Waals surface area (Å²) >= 11 is 1.34. The van der Waals surface area contributed by atoms with Crippen LogP contribution in [0.5, 0.6) is 0 Å². The number of hydrogen-bond acceptors (Lipinski definition) is 5. The molecule has 0 aliphatic carbocycles. The lowest BCUT2D eigenvalue weighted by molar-refractivity contribution is -0.113. The molecule has 0 spiro atoms. The molecule has 3 rings (SSSR count). The van der Waals surface area contributed by atoms with E-state index in [2.05, 4.69) is 20.8 Å². The van der Waals surface area contributed by atoms with Crippen molar-refractivity contribution >= 4 is 29.3 Å². The third kappa shape index (κ3) is 4.58. The maximum absolute atomic E-state index is 12.3. The van der Waals surface area contributed by atoms with Crippen LogP contribution in [0.25, 0.3) is 11.4 Å². The first-order chi connectivity index (χ1) is 13.6. The summed E-state index contributed by atoms with van der Waals surface area (Å²) in [5, 5.41) is 14.6. The van der Waals surface area contributed by atoms with Crippen LogP contribution in [0.1, 0.15) is 17.3 Å². The van der Waals surface area contributed by atoms with E-state index in [1.54, 1.807) is 31.3 Å². The number of rotatable bonds is 7. The van der Waals surface area contributed by atoms with Crippen molar-refractivity contribution in [2.24, 2.45) is 0 Å². The van der Waals surface area contributed by atoms with Crippen LogP contribution in [0.4, 0.5) is 5.69 Å². The predicted molar refractivity (Wildman–Crippen MR) is 110 cm³/mol. The number of anilines is 1. The molecule has 0 saturated heterocycles. The van der Waals surface area contributed by atoms with Crippen LogP contribution in [-0.4, -0.2) is 39.4 Å². The van der Waals surface area contributed by atoms with Crippen LogP contribution in [-0.2, 0) is 11.3 Å². The molecule has 0 saturated carbocycles. The van der Waals surface area contributed by atoms with Crippen LogP contribution in [0.15, 0.2) is 59.8 Å². The van der Waals surface area contributed by atoms with Gasteiger partial charge in [-0.3, -0.25) is 9.59 Å². The van der Waals surface area contributed by atoms with Gasteiger partial charge in [0.1, 0.15) is 0 Å². The maximum atomic E-state index is 12.3. The highest BCUT2D eigenvalue weighted by atomic mass is 32.2. The quantitative estimate of drug-likeness (QED) is 0.600. The minimum Gasteiger partial charge on any atom is -0.355 e. The lowest BCUT2D eigenvalue weighted by Gasteiger charge is -2.08. The largest absolute Gasteiger partial charge is 0.355 e. The Morgan fingerprint density at radius 3 is 2.39 bits per heavy atom. The molecule has 0 aliphatic rings. The van der Waals surface area contributed by atoms with E-state index in [1.807, 2.05) is 41.8 Å². The van der Waals surface area contributed by atoms with E-state index in [0.717, 1.165) is 11.4 Å². The Morgan fingerprint density at radius 1 is 1.04 bits per heavy atom. The molecule has 7 nitrogen and oxygen atoms in total. The molecule has 1 aromatic heterocycles. The zero-order valence-electron chi connectivity index (χ0n) is 15.7. The van der Waals surface area contributed by atoms with Crippen LogP contribution in [0.2, 0.25) is 0 Å². The number of carbonyl (C=O) groups is 2. The highest BCUT2D eigenvalue weighted by molar-refractivity contribution is 7.99. The molecule has 2 aromatic carbocycles. The van der Waals surface area contributed by atoms with Crippen molar-refractivity contribution in [3.05, 3.63) is 60.2 Å². The standard InChI is InChI=1S/C20H21N5O2S/c1-3-25-18(14-7-5-4-6-8-14)23-24-20(25)28-13-17(26)22-16-11-9-15(10-12-16)19(27)21-2/h4-12H,3,13H2,1-2H3,(H,21,27)(H,22,26). The molecular weight excluding hydrogens is 374 g/mol. The monoisotopic (exact) mass is 395 g/mol. The zero-order valence-corrected chi connectivity index (χ0v) is 16.5. The Kier molecular flexibility index (Phi) is 6.44. The number of amides is 2. The summed E-state index contributed by atoms with van der Waals surface area (Å²) in [5.41, 5.74) is 2.17. The fraction of sp³-hybridized carbons (Fsp3) is 0.200. The molecule has 28 heavy (non-hydrogen) atoms. The predicted octanol–water partition coefficient (Wildman–Crippen LogP) is 3.06. The van der Waals surface area contributed by atoms with E-state index in [9.17, 15) is 9.59 Å². The third-order valence-corrected chi connectivity index (χ3v) is 5.02. The number of thioether (sulfide) groups is 1. The Balaban J connectivity index is 1.62. The highest BCUT2D eigenvalue weighted by Crippen LogP contribution is 2.24. The number of nitrogens with zero attached hydrogens (tertiary/aromatic N) is 3. The van der Waals surface area contributed by atoms with Gasteiger partial charge >= 0.3 is 0 Å². The number of carbonyl (C=O) groups excluding carboxylic acids is 2. The molecular formula is C20H21N5O2S. The Bertz CT molecular complexity index is 954. The van der Waals surface area contributed by atoms with E-state index in [4.69, 9.17) is 0 Å². The number of nitrogens with one attached hydrogen (secondary N) is 2. The minimum absolute atomic E-state index is 0.149. The van der Waals surface area contributed by atoms with Gasteiger partial charge < -0.3 is 15.2 Å². The Morgan fingerprint density at radius 2 is 1.75 bits per heavy atom. The second-order valence-electron chi connectivity index (χ2n) is 5.91. The lowest BCUT2D eigenvalue weighted by atomic mass is 10.2. The van der Waals surface area contributed by atoms with Crippen molar-refractivity contribution in [3.63, 3.8) is 0 Å². The van der Waals surface area contributed by atoms with Gasteiger partial charge in [0.15, 0.2) is 11.0 Å². The Labute approximate surface area is 167 Å². The molecule has 0 bridgehead atoms. The summed E-state index contributed by atoms with van der Waals surface area (Å²) < 4.78 is 1.99. The Hall–Kier alpha value is -3.13. The molecule has 1 heterocycles. The number of hydrogen-bond donors (Lipinski definition) is 2. The average Bonchev–Trinajstić information content (AvgIpc) is 3.16. The van der Waals surface area contributed by atoms with Gasteiger partial charge in [-0.1, -0.05) is 42.1 Å². The van der Waals surface area contributed by atoms with Gasteiger partial charge in [0.05, 0.1) is 5.75 Å². The molecule has 0 aliphatic heterocycles. The summed E-state index contributed by atoms with van der Waals surface area (Å²) in [6.45, 7) is 2.73. The van der Waals surface area contributed by atoms with Gasteiger partial charge in [0.25, 0.3) is 5.91 Å². The van der Waals surface area contributed by atoms with Gasteiger partial charge in [-0.05, 0) is 31.2 Å². The molecule has 0 fully saturated rings. The fourth-order valence-electron chi connectivity index (χ4n) is 2.66. The lowest BCUT2D eigenvalue weighted by Crippen LogP contribution is -2.18. The van der Waals surface area contributed by atoms with Crippen molar-refractivity contribution in [1.29, 1.82) is 0 Å². The zero-order chi connectivity index (χ0) is 19.9. The van der Waals surface area contributed by atoms with Gasteiger partial charge in [-0.25, -0.2) is 0 Å². The second kappa shape index (κ2) is 9.18. The molecule has 8 heteroatoms. The van der Waals surface area contributed by atoms with Crippen molar-refractivity contribution in [1.82, 2.24) is 20.1 Å². The molecule has 0 atom stereocenters. The van der Waals surface area contributed by atoms with Crippen LogP contribution in [0.3, 0.4) is 0 Å². The SMILES string of the molecule is CCn1c(SCC(=O)Nc2ccc(C(=O)NC)cc2)nnc1-c1ccccc1. The number of benzene rings is 2. The maximum Gasteiger partial charge on any atom is 0.251 e. The summed E-state index contributed by atoms with van der Waals surface area (Å²) in [6, 6.07) is 16.6. The first-order valence-corrected chi connectivity index (χ1v) is 9.84. The van der Waals surface area contributed by atoms with Crippen molar-refractivity contribution in [2.75, 3.05) is 18.1 Å². The van der Waals surface area contributed by atoms with Crippen molar-refractivity contribution in [3.8, 4) is 11.4 Å². The number of aromatic nitrogens is 3. The van der Waals surface area contributed by atoms with Crippen LogP contribution < -0.4 is 10.6 Å². The topological polar surface area (TPSA) is 88.9 Å². The van der Waals surface area contributed by atoms with E-state index in [1.165, 1.54) is 11.8 Å². The second-order valence-corrected chi connectivity index (χ2v) is 6.85. The van der Waals surface area contributed by atoms with E-state index >= 15 is 0 Å². The van der Waals surface area contributed by atoms with Gasteiger partial charge in [-0.15, -0.1) is 10.2 Å². The highest BCUT2D eigenvalue weighted by Gasteiger charge is 2.14. The van der Waals surface area contributed by atoms with Crippen molar-refractivity contribution < 1.29 is 9.59 Å². The smallest absolute Gasteiger partial charge is 0.251 e. The summed E-state index contributed by atoms with van der Waals surface area (Å²) in [5.74, 6) is 0.686. The van der Waals surface area contributed by atoms with E-state index in [0.29, 0.717) is 23.0 Å². The third-order valence-electron chi connectivity index (χ3n) is 4.06. The van der Waals surface area contributed by atoms with E-state index in [-0.39, 0.29) is 17.6 Å². The van der Waals surface area contributed by atoms with E-state index < -0.39 is 0 Å². The molecule has 3 aromatic rings. The fourth-order valence-corrected chi connectivity index (χ4v) is 3.46. The minimum atomic E-state index is -0.165. The summed E-state index contributed by atoms with van der Waals surface area (Å²) in [6.07, 6.45) is 0.